The van der Waals surface area contributed by atoms with E-state index in [-0.39, 0.29) is 48.2 Å². The number of allylic oxidation sites excluding steroid dienone is 1. The molecule has 1 heterocycles. The third-order valence-electron chi connectivity index (χ3n) is 10.2. The lowest BCUT2D eigenvalue weighted by Crippen LogP contribution is -2.61. The molecule has 34 heavy (non-hydrogen) atoms. The van der Waals surface area contributed by atoms with Gasteiger partial charge in [-0.2, -0.15) is 0 Å². The van der Waals surface area contributed by atoms with Crippen LogP contribution in [0.5, 0.6) is 0 Å². The minimum atomic E-state index is -1.38. The fourth-order valence-electron chi connectivity index (χ4n) is 8.46. The Hall–Kier alpha value is -2.06. The zero-order valence-corrected chi connectivity index (χ0v) is 20.1. The van der Waals surface area contributed by atoms with Gasteiger partial charge in [-0.15, -0.1) is 0 Å². The van der Waals surface area contributed by atoms with Gasteiger partial charge in [-0.05, 0) is 68.4 Å². The Morgan fingerprint density at radius 2 is 1.97 bits per heavy atom. The highest BCUT2D eigenvalue weighted by atomic mass is 19.1. The van der Waals surface area contributed by atoms with E-state index in [1.54, 1.807) is 6.92 Å². The van der Waals surface area contributed by atoms with Crippen LogP contribution in [0.4, 0.5) is 4.39 Å². The Morgan fingerprint density at radius 3 is 2.62 bits per heavy atom. The van der Waals surface area contributed by atoms with Crippen molar-refractivity contribution in [3.05, 3.63) is 23.3 Å². The van der Waals surface area contributed by atoms with Crippen molar-refractivity contribution in [2.75, 3.05) is 7.11 Å². The molecule has 2 N–H and O–H groups in total. The van der Waals surface area contributed by atoms with E-state index in [4.69, 9.17) is 9.47 Å². The molecule has 3 saturated carbocycles. The maximum atomic E-state index is 15.7. The number of carbonyl (C=O) groups is 3. The molecule has 0 amide bonds. The first-order valence-corrected chi connectivity index (χ1v) is 12.2. The molecule has 4 fully saturated rings. The quantitative estimate of drug-likeness (QED) is 0.356. The Morgan fingerprint density at radius 1 is 1.26 bits per heavy atom. The summed E-state index contributed by atoms with van der Waals surface area (Å²) in [6, 6.07) is 0. The first kappa shape index (κ1) is 23.7. The maximum absolute atomic E-state index is 15.7. The van der Waals surface area contributed by atoms with Gasteiger partial charge < -0.3 is 19.7 Å². The summed E-state index contributed by atoms with van der Waals surface area (Å²) < 4.78 is 26.8. The van der Waals surface area contributed by atoms with E-state index in [1.165, 1.54) is 19.3 Å². The van der Waals surface area contributed by atoms with Crippen LogP contribution in [0, 0.1) is 28.6 Å². The summed E-state index contributed by atoms with van der Waals surface area (Å²) in [6.07, 6.45) is 3.58. The minimum Gasteiger partial charge on any atom is -0.478 e. The number of hydrogen-bond acceptors (Lipinski definition) is 6. The van der Waals surface area contributed by atoms with Gasteiger partial charge in [0, 0.05) is 17.3 Å². The number of fused-ring (bicyclic) bond motifs is 3. The van der Waals surface area contributed by atoms with Crippen LogP contribution in [0.1, 0.15) is 59.3 Å². The SMILES string of the molecule is COC(=O)CCC[C@@]1(O)[C@H](C)C[C@H]2[C@@H]3C[C@H](F)C4=CC(=O)C(C(=O)O)=C[C@]4(C)[C@@]34O[C@H]4C[C@@]21C. The van der Waals surface area contributed by atoms with Gasteiger partial charge in [0.2, 0.25) is 0 Å². The number of halogens is 1. The van der Waals surface area contributed by atoms with Crippen molar-refractivity contribution in [3.63, 3.8) is 0 Å². The average molecular weight is 477 g/mol. The lowest BCUT2D eigenvalue weighted by molar-refractivity contribution is -0.143. The van der Waals surface area contributed by atoms with E-state index in [9.17, 15) is 24.6 Å². The number of ether oxygens (including phenoxy) is 2. The largest absolute Gasteiger partial charge is 0.478 e. The fraction of sp³-hybridized carbons (Fsp3) is 0.731. The summed E-state index contributed by atoms with van der Waals surface area (Å²) in [6.45, 7) is 5.89. The standard InChI is InChI=1S/C26H33FO7/c1-13-8-15-16-9-18(27)17-10-19(28)14(22(30)31)11-24(17,3)26(16)20(34-26)12-23(15,2)25(13,32)7-5-6-21(29)33-4/h10-11,13,15-16,18,20,32H,5-9,12H2,1-4H3,(H,30,31)/t13-,15+,16+,18+,20+,23+,24+,25-,26-/m1/s1. The number of hydrogen-bond donors (Lipinski definition) is 2. The third-order valence-corrected chi connectivity index (χ3v) is 10.2. The van der Waals surface area contributed by atoms with Crippen molar-refractivity contribution in [2.24, 2.45) is 28.6 Å². The predicted molar refractivity (Wildman–Crippen MR) is 118 cm³/mol. The number of carbonyl (C=O) groups excluding carboxylic acids is 2. The van der Waals surface area contributed by atoms with Crippen LogP contribution >= 0.6 is 0 Å². The molecular weight excluding hydrogens is 443 g/mol. The molecule has 0 aromatic heterocycles. The van der Waals surface area contributed by atoms with Gasteiger partial charge in [-0.1, -0.05) is 19.9 Å². The molecule has 0 aromatic rings. The number of methoxy groups -OCH3 is 1. The second kappa shape index (κ2) is 7.23. The van der Waals surface area contributed by atoms with E-state index >= 15 is 4.39 Å². The van der Waals surface area contributed by atoms with E-state index in [0.717, 1.165) is 0 Å². The average Bonchev–Trinajstić information content (AvgIpc) is 3.46. The monoisotopic (exact) mass is 476 g/mol. The summed E-state index contributed by atoms with van der Waals surface area (Å²) in [5, 5.41) is 21.6. The van der Waals surface area contributed by atoms with E-state index < -0.39 is 40.0 Å². The highest BCUT2D eigenvalue weighted by Crippen LogP contribution is 2.77. The van der Waals surface area contributed by atoms with Crippen molar-refractivity contribution >= 4 is 17.7 Å². The molecule has 1 spiro atoms. The summed E-state index contributed by atoms with van der Waals surface area (Å²) in [7, 11) is 1.35. The number of alkyl halides is 1. The second-order valence-electron chi connectivity index (χ2n) is 11.5. The number of aliphatic carboxylic acids is 1. The number of ketones is 1. The lowest BCUT2D eigenvalue weighted by Gasteiger charge is -2.56. The maximum Gasteiger partial charge on any atom is 0.339 e. The van der Waals surface area contributed by atoms with Crippen LogP contribution < -0.4 is 0 Å². The third kappa shape index (κ3) is 2.72. The smallest absolute Gasteiger partial charge is 0.339 e. The molecule has 0 aromatic carbocycles. The van der Waals surface area contributed by atoms with E-state index in [1.807, 2.05) is 6.92 Å². The molecule has 4 aliphatic carbocycles. The minimum absolute atomic E-state index is 0.0275. The van der Waals surface area contributed by atoms with Crippen LogP contribution in [-0.2, 0) is 23.9 Å². The van der Waals surface area contributed by atoms with Gasteiger partial charge in [0.05, 0.1) is 18.8 Å². The molecule has 0 unspecified atom stereocenters. The molecule has 5 aliphatic rings. The highest BCUT2D eigenvalue weighted by molar-refractivity contribution is 6.22. The van der Waals surface area contributed by atoms with Crippen LogP contribution in [0.3, 0.4) is 0 Å². The molecule has 186 valence electrons. The normalized spacial score (nSPS) is 48.5. The van der Waals surface area contributed by atoms with Crippen LogP contribution in [-0.4, -0.2) is 58.5 Å². The van der Waals surface area contributed by atoms with Gasteiger partial charge in [0.25, 0.3) is 0 Å². The summed E-state index contributed by atoms with van der Waals surface area (Å²) in [5.74, 6) is -2.59. The van der Waals surface area contributed by atoms with Crippen LogP contribution in [0.15, 0.2) is 23.3 Å². The lowest BCUT2D eigenvalue weighted by atomic mass is 9.46. The van der Waals surface area contributed by atoms with Crippen LogP contribution in [0.2, 0.25) is 0 Å². The number of epoxide rings is 1. The fourth-order valence-corrected chi connectivity index (χ4v) is 8.46. The Labute approximate surface area is 198 Å². The molecule has 5 rings (SSSR count). The molecule has 1 saturated heterocycles. The first-order valence-electron chi connectivity index (χ1n) is 12.2. The number of rotatable bonds is 5. The molecule has 0 bridgehead atoms. The topological polar surface area (TPSA) is 113 Å². The molecule has 8 heteroatoms. The zero-order chi connectivity index (χ0) is 24.8. The van der Waals surface area contributed by atoms with Gasteiger partial charge in [0.15, 0.2) is 5.78 Å². The summed E-state index contributed by atoms with van der Waals surface area (Å²) in [5.41, 5.74) is -3.39. The first-order chi connectivity index (χ1) is 15.9. The van der Waals surface area contributed by atoms with Gasteiger partial charge in [0.1, 0.15) is 17.3 Å². The summed E-state index contributed by atoms with van der Waals surface area (Å²) >= 11 is 0. The van der Waals surface area contributed by atoms with Gasteiger partial charge in [-0.25, -0.2) is 9.18 Å². The molecule has 1 aliphatic heterocycles. The summed E-state index contributed by atoms with van der Waals surface area (Å²) in [4.78, 5) is 35.8. The Balaban J connectivity index is 1.52. The molecule has 9 atom stereocenters. The number of carboxylic acids is 1. The number of esters is 1. The molecular formula is C26H33FO7. The van der Waals surface area contributed by atoms with Crippen LogP contribution in [0.25, 0.3) is 0 Å². The second-order valence-corrected chi connectivity index (χ2v) is 11.5. The van der Waals surface area contributed by atoms with Gasteiger partial charge >= 0.3 is 11.9 Å². The Kier molecular flexibility index (Phi) is 5.03. The van der Waals surface area contributed by atoms with Crippen molar-refractivity contribution in [2.45, 2.75) is 82.8 Å². The van der Waals surface area contributed by atoms with E-state index in [2.05, 4.69) is 6.92 Å². The van der Waals surface area contributed by atoms with Gasteiger partial charge in [-0.3, -0.25) is 9.59 Å². The van der Waals surface area contributed by atoms with Crippen molar-refractivity contribution in [1.29, 1.82) is 0 Å². The molecule has 7 nitrogen and oxygen atoms in total. The van der Waals surface area contributed by atoms with E-state index in [0.29, 0.717) is 31.3 Å². The molecule has 0 radical (unpaired) electrons. The predicted octanol–water partition coefficient (Wildman–Crippen LogP) is 3.15. The van der Waals surface area contributed by atoms with Crippen molar-refractivity contribution < 1.29 is 38.5 Å². The Bertz CT molecular complexity index is 1030. The number of carboxylic acid groups (broad SMARTS) is 1. The van der Waals surface area contributed by atoms with Crippen molar-refractivity contribution in [1.82, 2.24) is 0 Å². The van der Waals surface area contributed by atoms with Crippen molar-refractivity contribution in [3.8, 4) is 0 Å². The highest BCUT2D eigenvalue weighted by Gasteiger charge is 2.82. The number of aliphatic hydroxyl groups is 1. The zero-order valence-electron chi connectivity index (χ0n) is 20.1.